The zero-order chi connectivity index (χ0) is 32.1. The Hall–Kier alpha value is -3.92. The van der Waals surface area contributed by atoms with Crippen molar-refractivity contribution in [3.05, 3.63) is 57.4 Å². The molecule has 2 aromatic heterocycles. The van der Waals surface area contributed by atoms with Crippen molar-refractivity contribution in [3.8, 4) is 0 Å². The van der Waals surface area contributed by atoms with Crippen molar-refractivity contribution in [2.24, 2.45) is 0 Å². The number of nitrogen functional groups attached to an aromatic ring is 2. The molecule has 0 aliphatic carbocycles. The van der Waals surface area contributed by atoms with Crippen molar-refractivity contribution in [1.29, 1.82) is 0 Å². The molecule has 4 heterocycles. The summed E-state index contributed by atoms with van der Waals surface area (Å²) in [5.41, 5.74) is 10.9. The summed E-state index contributed by atoms with van der Waals surface area (Å²) in [5, 5.41) is 30.7. The Labute approximate surface area is 250 Å². The molecule has 0 saturated carbocycles. The van der Waals surface area contributed by atoms with Crippen LogP contribution in [0.1, 0.15) is 17.5 Å². The molecule has 2 aliphatic rings. The van der Waals surface area contributed by atoms with Crippen LogP contribution < -0.4 is 32.4 Å². The SMILES string of the molecule is C=CN(c1nc(N)[nH]c(=O)c1C)C1O[C@H](COOOOC[C@H]2O[C@@H](N(C=C)c3nc(N)[nH]c(=O)c3C)C(O)C2OC)C[C@@H]1O. The smallest absolute Gasteiger partial charge is 0.257 e. The summed E-state index contributed by atoms with van der Waals surface area (Å²) in [4.78, 5) is 50.1. The number of rotatable bonds is 14. The molecular formula is C25H36N8O11. The topological polar surface area (TPSA) is 255 Å². The van der Waals surface area contributed by atoms with Crippen LogP contribution >= 0.6 is 0 Å². The second-order valence-electron chi connectivity index (χ2n) is 9.89. The third kappa shape index (κ3) is 6.90. The fraction of sp³-hybridized carbons (Fsp3) is 0.520. The van der Waals surface area contributed by atoms with Crippen molar-refractivity contribution >= 4 is 23.5 Å². The number of methoxy groups -OCH3 is 1. The van der Waals surface area contributed by atoms with E-state index in [4.69, 9.17) is 35.5 Å². The van der Waals surface area contributed by atoms with E-state index in [2.05, 4.69) is 43.2 Å². The van der Waals surface area contributed by atoms with Gasteiger partial charge >= 0.3 is 0 Å². The summed E-state index contributed by atoms with van der Waals surface area (Å²) in [6, 6.07) is 0. The number of aliphatic hydroxyl groups is 2. The molecule has 0 radical (unpaired) electrons. The van der Waals surface area contributed by atoms with E-state index in [0.29, 0.717) is 0 Å². The van der Waals surface area contributed by atoms with Crippen LogP contribution in [0.3, 0.4) is 0 Å². The molecule has 19 heteroatoms. The molecule has 0 amide bonds. The predicted octanol–water partition coefficient (Wildman–Crippen LogP) is -1.38. The highest BCUT2D eigenvalue weighted by molar-refractivity contribution is 5.52. The lowest BCUT2D eigenvalue weighted by Crippen LogP contribution is -2.43. The van der Waals surface area contributed by atoms with Crippen molar-refractivity contribution in [2.75, 3.05) is 41.6 Å². The van der Waals surface area contributed by atoms with Crippen LogP contribution in [0.5, 0.6) is 0 Å². The van der Waals surface area contributed by atoms with E-state index in [1.165, 1.54) is 36.2 Å². The number of nitrogens with one attached hydrogen (secondary N) is 2. The van der Waals surface area contributed by atoms with Gasteiger partial charge in [0.25, 0.3) is 11.1 Å². The van der Waals surface area contributed by atoms with Crippen LogP contribution in [0.25, 0.3) is 0 Å². The third-order valence-corrected chi connectivity index (χ3v) is 7.08. The van der Waals surface area contributed by atoms with E-state index >= 15 is 0 Å². The molecule has 242 valence electrons. The van der Waals surface area contributed by atoms with Crippen LogP contribution in [0.2, 0.25) is 0 Å². The first kappa shape index (κ1) is 33.0. The molecule has 2 saturated heterocycles. The minimum absolute atomic E-state index is 0.103. The van der Waals surface area contributed by atoms with E-state index < -0.39 is 54.1 Å². The second-order valence-corrected chi connectivity index (χ2v) is 9.89. The second kappa shape index (κ2) is 14.2. The number of aromatic amines is 2. The summed E-state index contributed by atoms with van der Waals surface area (Å²) in [7, 11) is 1.37. The van der Waals surface area contributed by atoms with E-state index in [1.807, 2.05) is 0 Å². The van der Waals surface area contributed by atoms with Gasteiger partial charge in [0.2, 0.25) is 11.9 Å². The van der Waals surface area contributed by atoms with E-state index in [1.54, 1.807) is 6.92 Å². The Morgan fingerprint density at radius 2 is 1.45 bits per heavy atom. The van der Waals surface area contributed by atoms with Gasteiger partial charge in [-0.3, -0.25) is 19.6 Å². The quantitative estimate of drug-likeness (QED) is 0.0804. The first-order chi connectivity index (χ1) is 21.0. The highest BCUT2D eigenvalue weighted by Gasteiger charge is 2.47. The maximum atomic E-state index is 12.2. The molecule has 0 bridgehead atoms. The number of nitrogens with zero attached hydrogens (tertiary/aromatic N) is 4. The van der Waals surface area contributed by atoms with Gasteiger partial charge in [0.15, 0.2) is 12.5 Å². The fourth-order valence-corrected chi connectivity index (χ4v) is 4.90. The van der Waals surface area contributed by atoms with Gasteiger partial charge in [0.1, 0.15) is 49.3 Å². The van der Waals surface area contributed by atoms with Crippen molar-refractivity contribution in [1.82, 2.24) is 19.9 Å². The zero-order valence-electron chi connectivity index (χ0n) is 24.2. The van der Waals surface area contributed by atoms with Crippen LogP contribution in [0.15, 0.2) is 35.1 Å². The van der Waals surface area contributed by atoms with Crippen molar-refractivity contribution < 1.29 is 44.3 Å². The van der Waals surface area contributed by atoms with Gasteiger partial charge in [-0.25, -0.2) is 9.78 Å². The lowest BCUT2D eigenvalue weighted by molar-refractivity contribution is -0.637. The summed E-state index contributed by atoms with van der Waals surface area (Å²) in [5.74, 6) is 0.0911. The van der Waals surface area contributed by atoms with Crippen LogP contribution in [0.4, 0.5) is 23.5 Å². The normalized spacial score (nSPS) is 26.5. The van der Waals surface area contributed by atoms with E-state index in [0.717, 1.165) is 0 Å². The lowest BCUT2D eigenvalue weighted by Gasteiger charge is -2.29. The van der Waals surface area contributed by atoms with Crippen molar-refractivity contribution in [2.45, 2.75) is 63.2 Å². The monoisotopic (exact) mass is 624 g/mol. The first-order valence-electron chi connectivity index (χ1n) is 13.3. The molecule has 4 rings (SSSR count). The van der Waals surface area contributed by atoms with Gasteiger partial charge in [-0.05, 0) is 23.9 Å². The van der Waals surface area contributed by atoms with Gasteiger partial charge in [0, 0.05) is 25.9 Å². The zero-order valence-corrected chi connectivity index (χ0v) is 24.2. The number of anilines is 4. The minimum atomic E-state index is -1.22. The number of H-pyrrole nitrogens is 2. The van der Waals surface area contributed by atoms with Crippen molar-refractivity contribution in [3.63, 3.8) is 0 Å². The molecular weight excluding hydrogens is 588 g/mol. The van der Waals surface area contributed by atoms with Gasteiger partial charge in [0.05, 0.1) is 17.2 Å². The number of nitrogens with two attached hydrogens (primary N) is 2. The van der Waals surface area contributed by atoms with Gasteiger partial charge < -0.3 is 45.7 Å². The molecule has 0 spiro atoms. The molecule has 2 aliphatic heterocycles. The molecule has 8 N–H and O–H groups in total. The minimum Gasteiger partial charge on any atom is -0.388 e. The summed E-state index contributed by atoms with van der Waals surface area (Å²) < 4.78 is 17.1. The highest BCUT2D eigenvalue weighted by atomic mass is 17.7. The Bertz CT molecular complexity index is 1440. The van der Waals surface area contributed by atoms with Crippen LogP contribution in [-0.2, 0) is 34.1 Å². The standard InChI is InChI=1S/C25H36N8O11/c1-6-32(18-11(3)20(36)30-24(26)28-18)22-14(34)8-13(41-22)9-39-43-44-40-10-15-17(38-5)16(35)23(42-15)33(7-2)19-12(4)21(37)31-25(27)29-19/h6-7,13-17,22-23,34-35H,1-2,8-10H2,3-5H3,(H3,26,28,30,36)(H3,27,29,31,37)/t13-,14-,15+,16?,17?,22?,23+/m0/s1. The highest BCUT2D eigenvalue weighted by Crippen LogP contribution is 2.31. The van der Waals surface area contributed by atoms with E-state index in [9.17, 15) is 19.8 Å². The molecule has 44 heavy (non-hydrogen) atoms. The molecule has 19 nitrogen and oxygen atoms in total. The summed E-state index contributed by atoms with van der Waals surface area (Å²) in [6.07, 6.45) is -3.75. The number of aliphatic hydroxyl groups excluding tert-OH is 2. The van der Waals surface area contributed by atoms with Gasteiger partial charge in [-0.1, -0.05) is 13.2 Å². The van der Waals surface area contributed by atoms with Gasteiger partial charge in [-0.15, -0.1) is 0 Å². The molecule has 3 unspecified atom stereocenters. The predicted molar refractivity (Wildman–Crippen MR) is 152 cm³/mol. The number of hydrogen-bond donors (Lipinski definition) is 6. The Morgan fingerprint density at radius 1 is 0.932 bits per heavy atom. The molecule has 7 atom stereocenters. The van der Waals surface area contributed by atoms with Gasteiger partial charge in [-0.2, -0.15) is 9.97 Å². The van der Waals surface area contributed by atoms with Crippen LogP contribution in [0, 0.1) is 13.8 Å². The number of aromatic nitrogens is 4. The Kier molecular flexibility index (Phi) is 10.7. The first-order valence-corrected chi connectivity index (χ1v) is 13.3. The molecule has 2 fully saturated rings. The molecule has 2 aromatic rings. The van der Waals surface area contributed by atoms with E-state index in [-0.39, 0.29) is 54.3 Å². The molecule has 0 aromatic carbocycles. The van der Waals surface area contributed by atoms with Crippen LogP contribution in [-0.4, -0.2) is 93.4 Å². The number of hydrogen-bond acceptors (Lipinski definition) is 17. The Morgan fingerprint density at radius 3 is 1.98 bits per heavy atom. The average Bonchev–Trinajstić information content (AvgIpc) is 3.50. The summed E-state index contributed by atoms with van der Waals surface area (Å²) >= 11 is 0. The Balaban J connectivity index is 1.26. The maximum absolute atomic E-state index is 12.2. The fourth-order valence-electron chi connectivity index (χ4n) is 4.90. The lowest BCUT2D eigenvalue weighted by atomic mass is 10.1. The third-order valence-electron chi connectivity index (χ3n) is 7.08. The largest absolute Gasteiger partial charge is 0.388 e. The number of ether oxygens (including phenoxy) is 3. The maximum Gasteiger partial charge on any atom is 0.257 e. The summed E-state index contributed by atoms with van der Waals surface area (Å²) in [6.45, 7) is 10.1. The average molecular weight is 625 g/mol.